The number of anilines is 1. The molecule has 0 bridgehead atoms. The molecule has 3 aromatic rings. The predicted molar refractivity (Wildman–Crippen MR) is 125 cm³/mol. The second-order valence-electron chi connectivity index (χ2n) is 7.92. The van der Waals surface area contributed by atoms with Crippen LogP contribution >= 0.6 is 0 Å². The van der Waals surface area contributed by atoms with Crippen molar-refractivity contribution in [2.75, 3.05) is 11.5 Å². The molecule has 6 heteroatoms. The van der Waals surface area contributed by atoms with Gasteiger partial charge in [-0.15, -0.1) is 0 Å². The molecule has 4 rings (SSSR count). The van der Waals surface area contributed by atoms with Gasteiger partial charge in [-0.1, -0.05) is 30.3 Å². The van der Waals surface area contributed by atoms with E-state index in [2.05, 4.69) is 0 Å². The molecule has 3 aromatic carbocycles. The Bertz CT molecular complexity index is 1280. The van der Waals surface area contributed by atoms with Gasteiger partial charge in [0.25, 0.3) is 11.7 Å². The van der Waals surface area contributed by atoms with Crippen molar-refractivity contribution in [3.05, 3.63) is 100 Å². The molecular weight excluding hydrogens is 421 g/mol. The molecule has 1 saturated heterocycles. The molecule has 1 aliphatic rings. The number of ketones is 1. The van der Waals surface area contributed by atoms with E-state index < -0.39 is 23.5 Å². The number of aryl methyl sites for hydroxylation is 2. The maximum atomic E-state index is 13.8. The number of amides is 1. The quantitative estimate of drug-likeness (QED) is 0.321. The number of carbonyl (C=O) groups is 2. The summed E-state index contributed by atoms with van der Waals surface area (Å²) in [4.78, 5) is 27.9. The molecule has 1 aliphatic heterocycles. The van der Waals surface area contributed by atoms with Crippen LogP contribution in [0.3, 0.4) is 0 Å². The topological polar surface area (TPSA) is 66.8 Å². The summed E-state index contributed by atoms with van der Waals surface area (Å²) in [6.45, 7) is 5.77. The highest BCUT2D eigenvalue weighted by Crippen LogP contribution is 2.43. The van der Waals surface area contributed by atoms with Crippen molar-refractivity contribution in [1.29, 1.82) is 0 Å². The number of halogens is 1. The fraction of sp³-hybridized carbons (Fsp3) is 0.185. The molecule has 0 aliphatic carbocycles. The number of aliphatic hydroxyl groups is 1. The number of Topliss-reactive ketones (excluding diaryl/α,β-unsaturated/α-hetero) is 1. The van der Waals surface area contributed by atoms with E-state index in [0.717, 1.165) is 5.56 Å². The molecular formula is C27H24FNO4. The fourth-order valence-corrected chi connectivity index (χ4v) is 4.12. The Balaban J connectivity index is 1.95. The Morgan fingerprint density at radius 1 is 1.00 bits per heavy atom. The number of hydrogen-bond donors (Lipinski definition) is 1. The predicted octanol–water partition coefficient (Wildman–Crippen LogP) is 5.47. The number of carbonyl (C=O) groups excluding carboxylic acids is 2. The Labute approximate surface area is 191 Å². The molecule has 0 aromatic heterocycles. The molecule has 5 nitrogen and oxygen atoms in total. The van der Waals surface area contributed by atoms with Gasteiger partial charge in [0, 0.05) is 17.3 Å². The Hall–Kier alpha value is -3.93. The summed E-state index contributed by atoms with van der Waals surface area (Å²) < 4.78 is 19.4. The summed E-state index contributed by atoms with van der Waals surface area (Å²) in [5.41, 5.74) is 2.60. The Morgan fingerprint density at radius 2 is 1.76 bits per heavy atom. The van der Waals surface area contributed by atoms with E-state index >= 15 is 0 Å². The smallest absolute Gasteiger partial charge is 0.300 e. The van der Waals surface area contributed by atoms with Gasteiger partial charge in [0.2, 0.25) is 0 Å². The fourth-order valence-electron chi connectivity index (χ4n) is 4.12. The normalized spacial score (nSPS) is 17.5. The molecule has 1 N–H and O–H groups in total. The molecule has 1 fully saturated rings. The first-order chi connectivity index (χ1) is 15.8. The molecule has 1 heterocycles. The van der Waals surface area contributed by atoms with Crippen LogP contribution in [0, 0.1) is 19.7 Å². The summed E-state index contributed by atoms with van der Waals surface area (Å²) >= 11 is 0. The van der Waals surface area contributed by atoms with Crippen LogP contribution in [0.25, 0.3) is 5.76 Å². The molecule has 33 heavy (non-hydrogen) atoms. The van der Waals surface area contributed by atoms with Gasteiger partial charge < -0.3 is 9.84 Å². The van der Waals surface area contributed by atoms with Crippen molar-refractivity contribution in [3.8, 4) is 5.75 Å². The van der Waals surface area contributed by atoms with Crippen molar-refractivity contribution in [1.82, 2.24) is 0 Å². The molecule has 168 valence electrons. The van der Waals surface area contributed by atoms with Gasteiger partial charge in [-0.2, -0.15) is 0 Å². The van der Waals surface area contributed by atoms with Crippen molar-refractivity contribution >= 4 is 23.1 Å². The molecule has 0 saturated carbocycles. The zero-order chi connectivity index (χ0) is 23.7. The number of rotatable bonds is 5. The lowest BCUT2D eigenvalue weighted by atomic mass is 9.92. The van der Waals surface area contributed by atoms with Gasteiger partial charge in [-0.3, -0.25) is 14.5 Å². The third-order valence-electron chi connectivity index (χ3n) is 5.77. The largest absolute Gasteiger partial charge is 0.507 e. The van der Waals surface area contributed by atoms with E-state index in [1.54, 1.807) is 31.2 Å². The zero-order valence-electron chi connectivity index (χ0n) is 18.6. The number of aliphatic hydroxyl groups excluding tert-OH is 1. The van der Waals surface area contributed by atoms with E-state index in [4.69, 9.17) is 4.74 Å². The molecule has 0 radical (unpaired) electrons. The number of benzene rings is 3. The summed E-state index contributed by atoms with van der Waals surface area (Å²) in [7, 11) is 0. The third-order valence-corrected chi connectivity index (χ3v) is 5.77. The summed E-state index contributed by atoms with van der Waals surface area (Å²) in [5, 5.41) is 11.2. The third kappa shape index (κ3) is 4.00. The first-order valence-electron chi connectivity index (χ1n) is 10.7. The molecule has 1 unspecified atom stereocenters. The van der Waals surface area contributed by atoms with Crippen LogP contribution < -0.4 is 9.64 Å². The van der Waals surface area contributed by atoms with Crippen LogP contribution in [0.5, 0.6) is 5.75 Å². The van der Waals surface area contributed by atoms with Crippen LogP contribution in [-0.2, 0) is 9.59 Å². The highest BCUT2D eigenvalue weighted by molar-refractivity contribution is 6.51. The number of ether oxygens (including phenoxy) is 1. The van der Waals surface area contributed by atoms with Crippen LogP contribution in [-0.4, -0.2) is 23.4 Å². The second kappa shape index (κ2) is 8.90. The van der Waals surface area contributed by atoms with Crippen molar-refractivity contribution < 1.29 is 23.8 Å². The SMILES string of the molecule is CCOc1cccc(N2C(=O)C(=O)/C(=C(/O)c3ccc(F)c(C)c3)C2c2ccccc2C)c1. The van der Waals surface area contributed by atoms with E-state index in [1.807, 2.05) is 38.1 Å². The van der Waals surface area contributed by atoms with Crippen LogP contribution in [0.4, 0.5) is 10.1 Å². The van der Waals surface area contributed by atoms with Crippen LogP contribution in [0.2, 0.25) is 0 Å². The summed E-state index contributed by atoms with van der Waals surface area (Å²) in [6.07, 6.45) is 0. The standard InChI is InChI=1S/C27H24FNO4/c1-4-33-20-10-7-9-19(15-20)29-24(21-11-6-5-8-16(21)2)23(26(31)27(29)32)25(30)18-12-13-22(28)17(3)14-18/h5-15,24,30H,4H2,1-3H3/b25-23+. The molecule has 0 spiro atoms. The highest BCUT2D eigenvalue weighted by atomic mass is 19.1. The van der Waals surface area contributed by atoms with Crippen LogP contribution in [0.15, 0.2) is 72.3 Å². The molecule has 1 atom stereocenters. The average Bonchev–Trinajstić information content (AvgIpc) is 3.06. The first-order valence-corrected chi connectivity index (χ1v) is 10.7. The van der Waals surface area contributed by atoms with Gasteiger partial charge in [0.15, 0.2) is 0 Å². The lowest BCUT2D eigenvalue weighted by Gasteiger charge is -2.27. The van der Waals surface area contributed by atoms with E-state index in [0.29, 0.717) is 29.2 Å². The summed E-state index contributed by atoms with van der Waals surface area (Å²) in [6, 6.07) is 17.6. The van der Waals surface area contributed by atoms with Gasteiger partial charge >= 0.3 is 0 Å². The van der Waals surface area contributed by atoms with Gasteiger partial charge in [0.1, 0.15) is 17.3 Å². The Kier molecular flexibility index (Phi) is 6.01. The minimum absolute atomic E-state index is 0.0397. The molecule has 1 amide bonds. The van der Waals surface area contributed by atoms with Gasteiger partial charge in [-0.05, 0) is 67.8 Å². The van der Waals surface area contributed by atoms with E-state index in [1.165, 1.54) is 23.1 Å². The summed E-state index contributed by atoms with van der Waals surface area (Å²) in [5.74, 6) is -1.75. The minimum Gasteiger partial charge on any atom is -0.507 e. The maximum absolute atomic E-state index is 13.8. The lowest BCUT2D eigenvalue weighted by Crippen LogP contribution is -2.29. The average molecular weight is 445 g/mol. The minimum atomic E-state index is -0.853. The van der Waals surface area contributed by atoms with E-state index in [9.17, 15) is 19.1 Å². The van der Waals surface area contributed by atoms with Gasteiger partial charge in [0.05, 0.1) is 18.2 Å². The Morgan fingerprint density at radius 3 is 2.45 bits per heavy atom. The second-order valence-corrected chi connectivity index (χ2v) is 7.92. The zero-order valence-corrected chi connectivity index (χ0v) is 18.6. The first kappa shape index (κ1) is 22.3. The number of hydrogen-bond acceptors (Lipinski definition) is 4. The van der Waals surface area contributed by atoms with E-state index in [-0.39, 0.29) is 16.9 Å². The highest BCUT2D eigenvalue weighted by Gasteiger charge is 2.47. The van der Waals surface area contributed by atoms with Gasteiger partial charge in [-0.25, -0.2) is 4.39 Å². The van der Waals surface area contributed by atoms with Crippen molar-refractivity contribution in [2.24, 2.45) is 0 Å². The lowest BCUT2D eigenvalue weighted by molar-refractivity contribution is -0.132. The monoisotopic (exact) mass is 445 g/mol. The maximum Gasteiger partial charge on any atom is 0.300 e. The van der Waals surface area contributed by atoms with Crippen LogP contribution in [0.1, 0.15) is 35.2 Å². The van der Waals surface area contributed by atoms with Crippen molar-refractivity contribution in [3.63, 3.8) is 0 Å². The number of nitrogens with zero attached hydrogens (tertiary/aromatic N) is 1. The van der Waals surface area contributed by atoms with Crippen molar-refractivity contribution in [2.45, 2.75) is 26.8 Å².